The molecule has 0 saturated carbocycles. The van der Waals surface area contributed by atoms with E-state index in [0.29, 0.717) is 22.3 Å². The van der Waals surface area contributed by atoms with E-state index in [1.807, 2.05) is 6.07 Å². The summed E-state index contributed by atoms with van der Waals surface area (Å²) in [5.74, 6) is -0.389. The number of rotatable bonds is 3. The Bertz CT molecular complexity index is 576. The monoisotopic (exact) mass is 267 g/mol. The predicted molar refractivity (Wildman–Crippen MR) is 65.6 cm³/mol. The van der Waals surface area contributed by atoms with E-state index < -0.39 is 0 Å². The van der Waals surface area contributed by atoms with Crippen molar-refractivity contribution < 1.29 is 4.39 Å². The summed E-state index contributed by atoms with van der Waals surface area (Å²) in [6.07, 6.45) is 1.63. The normalized spacial score (nSPS) is 9.94. The quantitative estimate of drug-likeness (QED) is 0.927. The van der Waals surface area contributed by atoms with Crippen LogP contribution < -0.4 is 5.32 Å². The molecule has 1 N–H and O–H groups in total. The second-order valence-electron chi connectivity index (χ2n) is 3.24. The average molecular weight is 268 g/mol. The molecule has 0 unspecified atom stereocenters. The Balaban J connectivity index is 2.11. The largest absolute Gasteiger partial charge is 0.378 e. The van der Waals surface area contributed by atoms with Gasteiger partial charge in [-0.1, -0.05) is 11.6 Å². The van der Waals surface area contributed by atoms with Gasteiger partial charge in [0.1, 0.15) is 5.82 Å². The molecule has 1 aromatic heterocycles. The van der Waals surface area contributed by atoms with Crippen LogP contribution in [0.1, 0.15) is 10.4 Å². The van der Waals surface area contributed by atoms with E-state index in [1.54, 1.807) is 6.20 Å². The molecule has 0 atom stereocenters. The van der Waals surface area contributed by atoms with E-state index in [9.17, 15) is 4.39 Å². The van der Waals surface area contributed by atoms with E-state index in [1.165, 1.54) is 29.5 Å². The summed E-state index contributed by atoms with van der Waals surface area (Å²) in [7, 11) is 0. The molecule has 2 aromatic rings. The van der Waals surface area contributed by atoms with Gasteiger partial charge < -0.3 is 5.32 Å². The maximum atomic E-state index is 13.4. The van der Waals surface area contributed by atoms with Gasteiger partial charge in [-0.05, 0) is 18.2 Å². The second kappa shape index (κ2) is 5.13. The molecular weight excluding hydrogens is 261 g/mol. The third-order valence-electron chi connectivity index (χ3n) is 2.07. The van der Waals surface area contributed by atoms with Crippen LogP contribution in [0, 0.1) is 17.1 Å². The first-order chi connectivity index (χ1) is 8.19. The van der Waals surface area contributed by atoms with Gasteiger partial charge in [0, 0.05) is 11.1 Å². The molecule has 0 aliphatic rings. The number of aromatic nitrogens is 1. The zero-order chi connectivity index (χ0) is 12.3. The van der Waals surface area contributed by atoms with Crippen LogP contribution in [0.25, 0.3) is 0 Å². The van der Waals surface area contributed by atoms with Crippen LogP contribution >= 0.6 is 22.9 Å². The molecule has 0 amide bonds. The van der Waals surface area contributed by atoms with Crippen molar-refractivity contribution in [1.82, 2.24) is 4.98 Å². The molecule has 86 valence electrons. The number of halogens is 2. The van der Waals surface area contributed by atoms with Crippen LogP contribution in [0.2, 0.25) is 4.47 Å². The second-order valence-corrected chi connectivity index (χ2v) is 4.94. The third kappa shape index (κ3) is 2.93. The van der Waals surface area contributed by atoms with E-state index in [-0.39, 0.29) is 5.82 Å². The van der Waals surface area contributed by atoms with Gasteiger partial charge in [-0.3, -0.25) is 0 Å². The molecule has 6 heteroatoms. The first-order valence-corrected chi connectivity index (χ1v) is 5.92. The topological polar surface area (TPSA) is 48.7 Å². The predicted octanol–water partition coefficient (Wildman–Crippen LogP) is 3.42. The standard InChI is InChI=1S/C11H7ClFN3S/c12-11-16-6-8(17-11)5-15-10-3-7(4-14)1-2-9(10)13/h1-3,6,15H,5H2. The van der Waals surface area contributed by atoms with Crippen molar-refractivity contribution in [3.8, 4) is 6.07 Å². The van der Waals surface area contributed by atoms with Crippen molar-refractivity contribution in [2.45, 2.75) is 6.54 Å². The molecule has 0 fully saturated rings. The minimum absolute atomic E-state index is 0.300. The molecule has 0 saturated heterocycles. The lowest BCUT2D eigenvalue weighted by Gasteiger charge is -2.05. The van der Waals surface area contributed by atoms with Crippen LogP contribution in [0.5, 0.6) is 0 Å². The number of anilines is 1. The molecule has 2 rings (SSSR count). The number of nitrogens with one attached hydrogen (secondary N) is 1. The number of benzene rings is 1. The fourth-order valence-corrected chi connectivity index (χ4v) is 2.20. The lowest BCUT2D eigenvalue weighted by atomic mass is 10.2. The minimum Gasteiger partial charge on any atom is -0.378 e. The van der Waals surface area contributed by atoms with Crippen molar-refractivity contribution in [3.63, 3.8) is 0 Å². The molecule has 0 aliphatic carbocycles. The maximum Gasteiger partial charge on any atom is 0.183 e. The Hall–Kier alpha value is -1.64. The van der Waals surface area contributed by atoms with Gasteiger partial charge >= 0.3 is 0 Å². The third-order valence-corrected chi connectivity index (χ3v) is 3.19. The van der Waals surface area contributed by atoms with Crippen molar-refractivity contribution in [3.05, 3.63) is 45.1 Å². The number of hydrogen-bond donors (Lipinski definition) is 1. The first kappa shape index (κ1) is 11.8. The highest BCUT2D eigenvalue weighted by atomic mass is 35.5. The molecule has 0 aliphatic heterocycles. The van der Waals surface area contributed by atoms with Crippen LogP contribution in [-0.4, -0.2) is 4.98 Å². The Morgan fingerprint density at radius 3 is 3.00 bits per heavy atom. The molecular formula is C11H7ClFN3S. The minimum atomic E-state index is -0.389. The number of nitriles is 1. The van der Waals surface area contributed by atoms with Crippen molar-refractivity contribution in [1.29, 1.82) is 5.26 Å². The summed E-state index contributed by atoms with van der Waals surface area (Å²) >= 11 is 7.01. The van der Waals surface area contributed by atoms with Crippen molar-refractivity contribution in [2.75, 3.05) is 5.32 Å². The van der Waals surface area contributed by atoms with Gasteiger partial charge in [0.25, 0.3) is 0 Å². The Kier molecular flexibility index (Phi) is 3.57. The highest BCUT2D eigenvalue weighted by Crippen LogP contribution is 2.21. The number of nitrogens with zero attached hydrogens (tertiary/aromatic N) is 2. The molecule has 0 spiro atoms. The Morgan fingerprint density at radius 2 is 2.35 bits per heavy atom. The first-order valence-electron chi connectivity index (χ1n) is 4.73. The smallest absolute Gasteiger partial charge is 0.183 e. The van der Waals surface area contributed by atoms with E-state index in [4.69, 9.17) is 16.9 Å². The molecule has 0 radical (unpaired) electrons. The van der Waals surface area contributed by atoms with Crippen LogP contribution in [0.15, 0.2) is 24.4 Å². The highest BCUT2D eigenvalue weighted by molar-refractivity contribution is 7.15. The molecule has 3 nitrogen and oxygen atoms in total. The molecule has 1 aromatic carbocycles. The Labute approximate surface area is 106 Å². The summed E-state index contributed by atoms with van der Waals surface area (Å²) in [6, 6.07) is 6.13. The number of thiazole rings is 1. The van der Waals surface area contributed by atoms with Crippen LogP contribution in [0.3, 0.4) is 0 Å². The zero-order valence-electron chi connectivity index (χ0n) is 8.58. The van der Waals surface area contributed by atoms with Gasteiger partial charge in [-0.25, -0.2) is 9.37 Å². The fourth-order valence-electron chi connectivity index (χ4n) is 1.28. The number of hydrogen-bond acceptors (Lipinski definition) is 4. The van der Waals surface area contributed by atoms with Gasteiger partial charge in [0.2, 0.25) is 0 Å². The summed E-state index contributed by atoms with van der Waals surface area (Å²) < 4.78 is 13.9. The SMILES string of the molecule is N#Cc1ccc(F)c(NCc2cnc(Cl)s2)c1. The molecule has 0 bridgehead atoms. The summed E-state index contributed by atoms with van der Waals surface area (Å²) in [6.45, 7) is 0.427. The summed E-state index contributed by atoms with van der Waals surface area (Å²) in [4.78, 5) is 4.78. The zero-order valence-corrected chi connectivity index (χ0v) is 10.1. The van der Waals surface area contributed by atoms with Gasteiger partial charge in [0.05, 0.1) is 23.9 Å². The van der Waals surface area contributed by atoms with Crippen molar-refractivity contribution >= 4 is 28.6 Å². The van der Waals surface area contributed by atoms with Gasteiger partial charge in [0.15, 0.2) is 4.47 Å². The lowest BCUT2D eigenvalue weighted by molar-refractivity contribution is 0.630. The van der Waals surface area contributed by atoms with Gasteiger partial charge in [-0.15, -0.1) is 11.3 Å². The van der Waals surface area contributed by atoms with Crippen LogP contribution in [0.4, 0.5) is 10.1 Å². The van der Waals surface area contributed by atoms with Crippen LogP contribution in [-0.2, 0) is 6.54 Å². The van der Waals surface area contributed by atoms with Crippen molar-refractivity contribution in [2.24, 2.45) is 0 Å². The molecule has 1 heterocycles. The summed E-state index contributed by atoms with van der Waals surface area (Å²) in [5, 5.41) is 11.6. The summed E-state index contributed by atoms with van der Waals surface area (Å²) in [5.41, 5.74) is 0.713. The average Bonchev–Trinajstić information content (AvgIpc) is 2.74. The molecule has 17 heavy (non-hydrogen) atoms. The maximum absolute atomic E-state index is 13.4. The highest BCUT2D eigenvalue weighted by Gasteiger charge is 2.04. The van der Waals surface area contributed by atoms with E-state index in [0.717, 1.165) is 4.88 Å². The lowest BCUT2D eigenvalue weighted by Crippen LogP contribution is -2.00. The van der Waals surface area contributed by atoms with Gasteiger partial charge in [-0.2, -0.15) is 5.26 Å². The van der Waals surface area contributed by atoms with E-state index in [2.05, 4.69) is 10.3 Å². The Morgan fingerprint density at radius 1 is 1.53 bits per heavy atom. The fraction of sp³-hybridized carbons (Fsp3) is 0.0909. The van der Waals surface area contributed by atoms with E-state index >= 15 is 0 Å².